The topological polar surface area (TPSA) is 83.5 Å². The van der Waals surface area contributed by atoms with Gasteiger partial charge in [0.15, 0.2) is 0 Å². The van der Waals surface area contributed by atoms with Gasteiger partial charge in [-0.25, -0.2) is 8.42 Å². The van der Waals surface area contributed by atoms with Gasteiger partial charge in [0.05, 0.1) is 5.75 Å². The second kappa shape index (κ2) is 6.65. The minimum absolute atomic E-state index is 0.104. The van der Waals surface area contributed by atoms with E-state index in [4.69, 9.17) is 5.11 Å². The van der Waals surface area contributed by atoms with Crippen LogP contribution in [-0.4, -0.2) is 31.5 Å². The summed E-state index contributed by atoms with van der Waals surface area (Å²) in [5.74, 6) is -1.18. The molecule has 0 fully saturated rings. The first-order valence-electron chi connectivity index (χ1n) is 5.29. The summed E-state index contributed by atoms with van der Waals surface area (Å²) in [7, 11) is -3.48. The molecule has 0 bridgehead atoms. The number of benzene rings is 1. The number of carboxylic acids is 1. The summed E-state index contributed by atoms with van der Waals surface area (Å²) in [6, 6.07) is 7.04. The number of carboxylic acid groups (broad SMARTS) is 1. The molecule has 0 heterocycles. The number of nitrogens with one attached hydrogen (secondary N) is 1. The van der Waals surface area contributed by atoms with Gasteiger partial charge in [-0.2, -0.15) is 0 Å². The number of aliphatic carboxylic acids is 1. The SMILES string of the molecule is CSc1cccc(NS(=O)(=O)CCCC(=O)O)c1. The van der Waals surface area contributed by atoms with E-state index in [-0.39, 0.29) is 18.6 Å². The van der Waals surface area contributed by atoms with Crippen LogP contribution in [0.1, 0.15) is 12.8 Å². The van der Waals surface area contributed by atoms with Crippen molar-refractivity contribution in [1.82, 2.24) is 0 Å². The maximum absolute atomic E-state index is 11.7. The van der Waals surface area contributed by atoms with Crippen molar-refractivity contribution in [3.05, 3.63) is 24.3 Å². The second-order valence-corrected chi connectivity index (χ2v) is 6.37. The number of carbonyl (C=O) groups is 1. The van der Waals surface area contributed by atoms with E-state index in [2.05, 4.69) is 4.72 Å². The van der Waals surface area contributed by atoms with Gasteiger partial charge in [-0.1, -0.05) is 6.07 Å². The van der Waals surface area contributed by atoms with Crippen LogP contribution in [0, 0.1) is 0 Å². The van der Waals surface area contributed by atoms with Gasteiger partial charge in [-0.3, -0.25) is 9.52 Å². The average Bonchev–Trinajstić information content (AvgIpc) is 2.27. The Bertz CT molecular complexity index is 514. The Labute approximate surface area is 111 Å². The predicted octanol–water partition coefficient (Wildman–Crippen LogP) is 2.02. The molecular formula is C11H15NO4S2. The highest BCUT2D eigenvalue weighted by Crippen LogP contribution is 2.19. The summed E-state index contributed by atoms with van der Waals surface area (Å²) in [6.45, 7) is 0. The zero-order valence-electron chi connectivity index (χ0n) is 9.92. The largest absolute Gasteiger partial charge is 0.481 e. The molecule has 0 spiro atoms. The molecule has 1 aromatic rings. The molecule has 0 aliphatic rings. The third kappa shape index (κ3) is 5.42. The smallest absolute Gasteiger partial charge is 0.303 e. The van der Waals surface area contributed by atoms with E-state index in [1.54, 1.807) is 18.2 Å². The Kier molecular flexibility index (Phi) is 5.49. The van der Waals surface area contributed by atoms with E-state index in [0.29, 0.717) is 5.69 Å². The highest BCUT2D eigenvalue weighted by molar-refractivity contribution is 7.98. The van der Waals surface area contributed by atoms with Crippen molar-refractivity contribution in [1.29, 1.82) is 0 Å². The zero-order valence-corrected chi connectivity index (χ0v) is 11.6. The first kappa shape index (κ1) is 14.8. The van der Waals surface area contributed by atoms with Crippen LogP contribution in [0.3, 0.4) is 0 Å². The van der Waals surface area contributed by atoms with Crippen LogP contribution in [0.25, 0.3) is 0 Å². The highest BCUT2D eigenvalue weighted by Gasteiger charge is 2.11. The lowest BCUT2D eigenvalue weighted by atomic mass is 10.3. The minimum Gasteiger partial charge on any atom is -0.481 e. The third-order valence-corrected chi connectivity index (χ3v) is 4.24. The molecule has 0 unspecified atom stereocenters. The van der Waals surface area contributed by atoms with Crippen LogP contribution in [0.4, 0.5) is 5.69 Å². The van der Waals surface area contributed by atoms with E-state index in [9.17, 15) is 13.2 Å². The Morgan fingerprint density at radius 3 is 2.78 bits per heavy atom. The molecular weight excluding hydrogens is 274 g/mol. The lowest BCUT2D eigenvalue weighted by molar-refractivity contribution is -0.137. The van der Waals surface area contributed by atoms with Gasteiger partial charge < -0.3 is 5.11 Å². The van der Waals surface area contributed by atoms with Crippen LogP contribution in [0.2, 0.25) is 0 Å². The average molecular weight is 289 g/mol. The van der Waals surface area contributed by atoms with Crippen LogP contribution in [0.15, 0.2) is 29.2 Å². The molecule has 1 rings (SSSR count). The molecule has 0 aromatic heterocycles. The fourth-order valence-electron chi connectivity index (χ4n) is 1.33. The molecule has 18 heavy (non-hydrogen) atoms. The fourth-order valence-corrected chi connectivity index (χ4v) is 2.90. The number of hydrogen-bond donors (Lipinski definition) is 2. The van der Waals surface area contributed by atoms with Gasteiger partial charge in [0.2, 0.25) is 10.0 Å². The Hall–Kier alpha value is -1.21. The van der Waals surface area contributed by atoms with E-state index >= 15 is 0 Å². The lowest BCUT2D eigenvalue weighted by Gasteiger charge is -2.08. The van der Waals surface area contributed by atoms with Crippen molar-refractivity contribution in [2.75, 3.05) is 16.7 Å². The zero-order chi connectivity index (χ0) is 13.6. The minimum atomic E-state index is -3.48. The van der Waals surface area contributed by atoms with E-state index in [1.807, 2.05) is 12.3 Å². The molecule has 2 N–H and O–H groups in total. The maximum Gasteiger partial charge on any atom is 0.303 e. The van der Waals surface area contributed by atoms with Gasteiger partial charge in [0.1, 0.15) is 0 Å². The summed E-state index contributed by atoms with van der Waals surface area (Å²) in [6.07, 6.45) is 1.86. The van der Waals surface area contributed by atoms with Crippen molar-refractivity contribution < 1.29 is 18.3 Å². The van der Waals surface area contributed by atoms with Gasteiger partial charge in [0, 0.05) is 17.0 Å². The van der Waals surface area contributed by atoms with Crippen LogP contribution in [-0.2, 0) is 14.8 Å². The molecule has 0 saturated carbocycles. The van der Waals surface area contributed by atoms with Crippen molar-refractivity contribution in [2.24, 2.45) is 0 Å². The third-order valence-electron chi connectivity index (χ3n) is 2.15. The molecule has 0 amide bonds. The van der Waals surface area contributed by atoms with Crippen molar-refractivity contribution in [3.63, 3.8) is 0 Å². The lowest BCUT2D eigenvalue weighted by Crippen LogP contribution is -2.17. The van der Waals surface area contributed by atoms with E-state index < -0.39 is 16.0 Å². The Morgan fingerprint density at radius 2 is 2.17 bits per heavy atom. The summed E-state index contributed by atoms with van der Waals surface area (Å²) >= 11 is 1.52. The fraction of sp³-hybridized carbons (Fsp3) is 0.364. The van der Waals surface area contributed by atoms with Crippen molar-refractivity contribution in [2.45, 2.75) is 17.7 Å². The quantitative estimate of drug-likeness (QED) is 0.750. The monoisotopic (exact) mass is 289 g/mol. The molecule has 7 heteroatoms. The maximum atomic E-state index is 11.7. The molecule has 0 aliphatic heterocycles. The molecule has 0 radical (unpaired) electrons. The molecule has 100 valence electrons. The summed E-state index contributed by atoms with van der Waals surface area (Å²) in [4.78, 5) is 11.3. The van der Waals surface area contributed by atoms with Crippen LogP contribution >= 0.6 is 11.8 Å². The summed E-state index contributed by atoms with van der Waals surface area (Å²) < 4.78 is 25.8. The van der Waals surface area contributed by atoms with Crippen molar-refractivity contribution >= 4 is 33.4 Å². The van der Waals surface area contributed by atoms with Gasteiger partial charge >= 0.3 is 5.97 Å². The number of sulfonamides is 1. The first-order chi connectivity index (χ1) is 8.43. The van der Waals surface area contributed by atoms with E-state index in [0.717, 1.165) is 4.90 Å². The molecule has 0 saturated heterocycles. The first-order valence-corrected chi connectivity index (χ1v) is 8.17. The van der Waals surface area contributed by atoms with E-state index in [1.165, 1.54) is 11.8 Å². The highest BCUT2D eigenvalue weighted by atomic mass is 32.2. The number of anilines is 1. The number of hydrogen-bond acceptors (Lipinski definition) is 4. The van der Waals surface area contributed by atoms with Gasteiger partial charge in [-0.15, -0.1) is 11.8 Å². The molecule has 5 nitrogen and oxygen atoms in total. The normalized spacial score (nSPS) is 11.2. The second-order valence-electron chi connectivity index (χ2n) is 3.65. The summed E-state index contributed by atoms with van der Waals surface area (Å²) in [5, 5.41) is 8.45. The van der Waals surface area contributed by atoms with Gasteiger partial charge in [0.25, 0.3) is 0 Å². The molecule has 0 aliphatic carbocycles. The molecule has 1 aromatic carbocycles. The summed E-state index contributed by atoms with van der Waals surface area (Å²) in [5.41, 5.74) is 0.497. The molecule has 0 atom stereocenters. The van der Waals surface area contributed by atoms with Crippen LogP contribution in [0.5, 0.6) is 0 Å². The van der Waals surface area contributed by atoms with Crippen molar-refractivity contribution in [3.8, 4) is 0 Å². The predicted molar refractivity (Wildman–Crippen MR) is 72.5 cm³/mol. The Balaban J connectivity index is 2.61. The number of thioether (sulfide) groups is 1. The van der Waals surface area contributed by atoms with Gasteiger partial charge in [-0.05, 0) is 30.9 Å². The Morgan fingerprint density at radius 1 is 1.44 bits per heavy atom. The standard InChI is InChI=1S/C11H15NO4S2/c1-17-10-5-2-4-9(8-10)12-18(15,16)7-3-6-11(13)14/h2,4-5,8,12H,3,6-7H2,1H3,(H,13,14). The number of rotatable bonds is 7. The van der Waals surface area contributed by atoms with Crippen LogP contribution < -0.4 is 4.72 Å².